The van der Waals surface area contributed by atoms with E-state index in [1.54, 1.807) is 0 Å². The van der Waals surface area contributed by atoms with Crippen molar-refractivity contribution in [3.05, 3.63) is 132 Å². The first kappa shape index (κ1) is 67.8. The predicted octanol–water partition coefficient (Wildman–Crippen LogP) is 2.39. The number of aromatic nitrogens is 4. The molecule has 0 saturated carbocycles. The molecule has 80 heavy (non-hydrogen) atoms. The van der Waals surface area contributed by atoms with Crippen molar-refractivity contribution in [1.82, 2.24) is 18.3 Å². The van der Waals surface area contributed by atoms with E-state index in [4.69, 9.17) is 0 Å². The zero-order chi connectivity index (χ0) is 55.6. The number of hydrogen-bond donors (Lipinski definition) is 10. The number of nitrogens with one attached hydrogen (secondary N) is 6. The number of carbonyl (C=O) groups excluding carboxylic acids is 5. The second-order valence-corrected chi connectivity index (χ2v) is 22.3. The van der Waals surface area contributed by atoms with Crippen molar-refractivity contribution in [2.24, 2.45) is 28.2 Å². The van der Waals surface area contributed by atoms with Crippen LogP contribution in [0.1, 0.15) is 42.0 Å². The molecule has 6 amide bonds. The third kappa shape index (κ3) is 14.7. The first-order valence-electron chi connectivity index (χ1n) is 21.4. The molecule has 0 fully saturated rings. The molecule has 0 unspecified atom stereocenters. The van der Waals surface area contributed by atoms with Crippen molar-refractivity contribution in [3.8, 4) is 0 Å². The monoisotopic (exact) mass is 1220 g/mol. The van der Waals surface area contributed by atoms with E-state index >= 15 is 0 Å². The molecule has 4 aromatic carbocycles. The maximum atomic E-state index is 13.6. The standard InChI is InChI=1S/C45H40N10O17S4.4Na.4H/c1-52-19-25(15-33(52)43(58)50-37-35(73(61,62)63)13-23-9-5-7-11-29(23)39(37)75(67,68)69)46-41(56)31-17-27(21-54(31)3)48-45(60)49-28-18-32(55(4)22-28)42(57)47-26-16-34(53(2)20-26)44(59)51-38-36(74(64,65)66)14-24-10-6-8-12-30(24)40(38)76(70,71)72;;;;;;;;/h5-22H,1-4H3,(H,46,56)(H,47,57)(H,50,58)(H,51,59)(H2,48,49,60)(H,61,62,63)(H,64,65,66)(H,67,68,69)(H,70,71,72);;;;;;;;. The fraction of sp³-hybridized carbons (Fsp3) is 0.0889. The molecule has 8 rings (SSSR count). The Hall–Kier alpha value is -4.69. The molecule has 0 atom stereocenters. The quantitative estimate of drug-likeness (QED) is 0.0552. The average Bonchev–Trinajstić information content (AvgIpc) is 4.08. The molecule has 0 aliphatic carbocycles. The number of carbonyl (C=O) groups is 5. The first-order chi connectivity index (χ1) is 35.4. The number of aryl methyl sites for hydroxylation is 4. The van der Waals surface area contributed by atoms with Gasteiger partial charge in [-0.05, 0) is 47.2 Å². The fourth-order valence-electron chi connectivity index (χ4n) is 8.23. The molecule has 404 valence electrons. The van der Waals surface area contributed by atoms with Crippen molar-refractivity contribution < 1.29 is 75.9 Å². The number of fused-ring (bicyclic) bond motifs is 2. The Morgan fingerprint density at radius 3 is 0.912 bits per heavy atom. The van der Waals surface area contributed by atoms with Crippen molar-refractivity contribution in [1.29, 1.82) is 0 Å². The summed E-state index contributed by atoms with van der Waals surface area (Å²) in [5, 5.41) is 14.3. The number of anilines is 6. The van der Waals surface area contributed by atoms with Gasteiger partial charge in [0.25, 0.3) is 64.1 Å². The van der Waals surface area contributed by atoms with Crippen LogP contribution in [0.25, 0.3) is 21.5 Å². The Kier molecular flexibility index (Phi) is 21.9. The Bertz CT molecular complexity index is 4040. The minimum atomic E-state index is -5.22. The first-order valence-corrected chi connectivity index (χ1v) is 27.2. The van der Waals surface area contributed by atoms with Gasteiger partial charge in [-0.25, -0.2) is 4.79 Å². The van der Waals surface area contributed by atoms with Gasteiger partial charge in [0.2, 0.25) is 0 Å². The topological polar surface area (TPSA) is 395 Å². The van der Waals surface area contributed by atoms with Crippen molar-refractivity contribution in [2.75, 3.05) is 31.9 Å². The van der Waals surface area contributed by atoms with E-state index in [1.165, 1.54) is 144 Å². The Balaban J connectivity index is 0.00000344. The minimum absolute atomic E-state index is 0. The van der Waals surface area contributed by atoms with E-state index in [0.29, 0.717) is 0 Å². The number of amides is 6. The summed E-state index contributed by atoms with van der Waals surface area (Å²) in [4.78, 5) is 63.1. The van der Waals surface area contributed by atoms with Crippen LogP contribution in [0.15, 0.2) is 129 Å². The van der Waals surface area contributed by atoms with Gasteiger partial charge in [-0.3, -0.25) is 37.4 Å². The molecule has 4 aromatic heterocycles. The van der Waals surface area contributed by atoms with Gasteiger partial charge in [0, 0.05) is 63.8 Å². The Morgan fingerprint density at radius 1 is 0.375 bits per heavy atom. The van der Waals surface area contributed by atoms with E-state index in [9.17, 15) is 75.9 Å². The van der Waals surface area contributed by atoms with Crippen LogP contribution < -0.4 is 31.9 Å². The van der Waals surface area contributed by atoms with Crippen molar-refractivity contribution in [2.45, 2.75) is 19.6 Å². The van der Waals surface area contributed by atoms with Crippen LogP contribution in [0.5, 0.6) is 0 Å². The fourth-order valence-corrected chi connectivity index (χ4v) is 11.5. The molecule has 0 radical (unpaired) electrons. The van der Waals surface area contributed by atoms with Gasteiger partial charge in [-0.15, -0.1) is 0 Å². The Morgan fingerprint density at radius 2 is 0.637 bits per heavy atom. The third-order valence-electron chi connectivity index (χ3n) is 11.5. The zero-order valence-corrected chi connectivity index (χ0v) is 42.7. The second kappa shape index (κ2) is 25.8. The summed E-state index contributed by atoms with van der Waals surface area (Å²) in [6.45, 7) is 0. The second-order valence-electron chi connectivity index (χ2n) is 16.8. The summed E-state index contributed by atoms with van der Waals surface area (Å²) in [7, 11) is -15.1. The van der Waals surface area contributed by atoms with Gasteiger partial charge in [0.15, 0.2) is 0 Å². The molecule has 0 aliphatic heterocycles. The summed E-state index contributed by atoms with van der Waals surface area (Å²) < 4.78 is 145. The summed E-state index contributed by atoms with van der Waals surface area (Å²) in [5.41, 5.74) is -2.04. The summed E-state index contributed by atoms with van der Waals surface area (Å²) in [6.07, 6.45) is 5.38. The van der Waals surface area contributed by atoms with Crippen LogP contribution in [-0.2, 0) is 68.7 Å². The zero-order valence-electron chi connectivity index (χ0n) is 39.4. The van der Waals surface area contributed by atoms with Gasteiger partial charge in [-0.1, -0.05) is 48.5 Å². The molecule has 8 aromatic rings. The van der Waals surface area contributed by atoms with E-state index < -0.39 is 101 Å². The van der Waals surface area contributed by atoms with Crippen LogP contribution in [0.2, 0.25) is 0 Å². The summed E-state index contributed by atoms with van der Waals surface area (Å²) >= 11 is 0. The van der Waals surface area contributed by atoms with Gasteiger partial charge in [0.1, 0.15) is 42.4 Å². The molecule has 0 bridgehead atoms. The van der Waals surface area contributed by atoms with Crippen LogP contribution in [0.3, 0.4) is 0 Å². The van der Waals surface area contributed by atoms with E-state index in [1.807, 2.05) is 0 Å². The average molecular weight is 1220 g/mol. The molecule has 0 spiro atoms. The Labute approximate surface area is 543 Å². The normalized spacial score (nSPS) is 11.5. The SMILES string of the molecule is Cn1cc(NC(=O)Nc2cc(C(=O)Nc3cc(C(=O)Nc4c(S(=O)(=O)O)cc5ccccc5c4S(=O)(=O)O)n(C)c3)n(C)c2)cc1C(=O)Nc1cc(C(=O)Nc2c(S(=O)(=O)O)cc3ccccc3c2S(=O)(=O)O)n(C)c1.[NaH].[NaH].[NaH].[NaH]. The van der Waals surface area contributed by atoms with Crippen LogP contribution in [0.4, 0.5) is 38.9 Å². The van der Waals surface area contributed by atoms with Crippen LogP contribution in [-0.4, -0.2) is 218 Å². The molecule has 27 nitrogen and oxygen atoms in total. The van der Waals surface area contributed by atoms with Crippen molar-refractivity contribution >= 4 is 244 Å². The molecular formula is C45H44N10Na4O17S4. The number of benzene rings is 4. The molecule has 0 aliphatic rings. The molecule has 35 heteroatoms. The van der Waals surface area contributed by atoms with Crippen LogP contribution in [0, 0.1) is 0 Å². The predicted molar refractivity (Wildman–Crippen MR) is 302 cm³/mol. The van der Waals surface area contributed by atoms with Crippen LogP contribution >= 0.6 is 0 Å². The maximum absolute atomic E-state index is 13.6. The summed E-state index contributed by atoms with van der Waals surface area (Å²) in [5.74, 6) is -3.69. The summed E-state index contributed by atoms with van der Waals surface area (Å²) in [6, 6.07) is 16.8. The molecule has 4 heterocycles. The number of hydrogen-bond acceptors (Lipinski definition) is 13. The van der Waals surface area contributed by atoms with E-state index in [0.717, 1.165) is 12.1 Å². The molecular weight excluding hydrogens is 1170 g/mol. The third-order valence-corrected chi connectivity index (χ3v) is 15.1. The number of urea groups is 1. The molecule has 10 N–H and O–H groups in total. The van der Waals surface area contributed by atoms with Gasteiger partial charge in [0.05, 0.1) is 34.1 Å². The van der Waals surface area contributed by atoms with E-state index in [-0.39, 0.29) is 185 Å². The number of nitrogens with zero attached hydrogens (tertiary/aromatic N) is 4. The van der Waals surface area contributed by atoms with Gasteiger partial charge in [-0.2, -0.15) is 33.7 Å². The number of rotatable bonds is 14. The molecule has 0 saturated heterocycles. The van der Waals surface area contributed by atoms with Crippen molar-refractivity contribution in [3.63, 3.8) is 0 Å². The van der Waals surface area contributed by atoms with E-state index in [2.05, 4.69) is 31.9 Å². The van der Waals surface area contributed by atoms with Gasteiger partial charge >= 0.3 is 124 Å². The van der Waals surface area contributed by atoms with Gasteiger partial charge < -0.3 is 50.2 Å².